The summed E-state index contributed by atoms with van der Waals surface area (Å²) in [6.45, 7) is 4.01. The van der Waals surface area contributed by atoms with Crippen molar-refractivity contribution in [3.63, 3.8) is 0 Å². The highest BCUT2D eigenvalue weighted by Gasteiger charge is 2.15. The number of fused-ring (bicyclic) bond motifs is 1. The summed E-state index contributed by atoms with van der Waals surface area (Å²) in [5.41, 5.74) is 5.08. The predicted octanol–water partition coefficient (Wildman–Crippen LogP) is 2.84. The molecule has 1 atom stereocenters. The van der Waals surface area contributed by atoms with Crippen molar-refractivity contribution in [2.75, 3.05) is 14.1 Å². The molecule has 0 aliphatic carbocycles. The van der Waals surface area contributed by atoms with Crippen LogP contribution in [-0.4, -0.2) is 25.0 Å². The summed E-state index contributed by atoms with van der Waals surface area (Å²) >= 11 is 0. The van der Waals surface area contributed by atoms with E-state index >= 15 is 0 Å². The maximum absolute atomic E-state index is 12.0. The average Bonchev–Trinajstić information content (AvgIpc) is 2.36. The second-order valence-electron chi connectivity index (χ2n) is 5.20. The average molecular weight is 256 g/mol. The molecule has 0 fully saturated rings. The fourth-order valence-corrected chi connectivity index (χ4v) is 2.12. The maximum atomic E-state index is 12.0. The standard InChI is InChI=1S/C16H20N2O/c1-11-5-6-15-10-13(7-8-14(15)9-11)12(2)16(19)17-18(3)4/h5-10,12H,1-4H3,(H,17,19). The molecule has 1 N–H and O–H groups in total. The first-order valence-electron chi connectivity index (χ1n) is 6.45. The van der Waals surface area contributed by atoms with Gasteiger partial charge in [0.25, 0.3) is 0 Å². The summed E-state index contributed by atoms with van der Waals surface area (Å²) in [6.07, 6.45) is 0. The first-order chi connectivity index (χ1) is 8.97. The molecule has 0 radical (unpaired) electrons. The number of hydrazine groups is 1. The molecular weight excluding hydrogens is 236 g/mol. The molecule has 0 saturated carbocycles. The minimum Gasteiger partial charge on any atom is -0.289 e. The van der Waals surface area contributed by atoms with Gasteiger partial charge >= 0.3 is 0 Å². The van der Waals surface area contributed by atoms with Crippen molar-refractivity contribution in [3.05, 3.63) is 47.5 Å². The maximum Gasteiger partial charge on any atom is 0.241 e. The van der Waals surface area contributed by atoms with Gasteiger partial charge in [-0.3, -0.25) is 10.2 Å². The summed E-state index contributed by atoms with van der Waals surface area (Å²) in [5, 5.41) is 4.06. The van der Waals surface area contributed by atoms with Gasteiger partial charge in [0.05, 0.1) is 5.92 Å². The Balaban J connectivity index is 2.30. The number of carbonyl (C=O) groups is 1. The molecule has 100 valence electrons. The molecule has 19 heavy (non-hydrogen) atoms. The van der Waals surface area contributed by atoms with E-state index < -0.39 is 0 Å². The van der Waals surface area contributed by atoms with Gasteiger partial charge in [-0.05, 0) is 30.2 Å². The number of hydrogen-bond donors (Lipinski definition) is 1. The Hall–Kier alpha value is -1.87. The van der Waals surface area contributed by atoms with Crippen LogP contribution in [0.1, 0.15) is 24.0 Å². The van der Waals surface area contributed by atoms with Crippen LogP contribution in [0.15, 0.2) is 36.4 Å². The summed E-state index contributed by atoms with van der Waals surface area (Å²) in [6, 6.07) is 12.6. The quantitative estimate of drug-likeness (QED) is 0.856. The van der Waals surface area contributed by atoms with Crippen LogP contribution in [0.3, 0.4) is 0 Å². The number of benzene rings is 2. The molecule has 1 unspecified atom stereocenters. The highest BCUT2D eigenvalue weighted by Crippen LogP contribution is 2.22. The number of nitrogens with zero attached hydrogens (tertiary/aromatic N) is 1. The zero-order valence-electron chi connectivity index (χ0n) is 11.9. The molecular formula is C16H20N2O. The summed E-state index contributed by atoms with van der Waals surface area (Å²) < 4.78 is 0. The van der Waals surface area contributed by atoms with Crippen molar-refractivity contribution in [2.45, 2.75) is 19.8 Å². The highest BCUT2D eigenvalue weighted by atomic mass is 16.2. The van der Waals surface area contributed by atoms with E-state index in [1.165, 1.54) is 16.3 Å². The Morgan fingerprint density at radius 2 is 1.74 bits per heavy atom. The van der Waals surface area contributed by atoms with Crippen molar-refractivity contribution in [1.29, 1.82) is 0 Å². The second-order valence-corrected chi connectivity index (χ2v) is 5.20. The molecule has 3 heteroatoms. The largest absolute Gasteiger partial charge is 0.289 e. The molecule has 1 amide bonds. The predicted molar refractivity (Wildman–Crippen MR) is 78.9 cm³/mol. The van der Waals surface area contributed by atoms with Crippen LogP contribution < -0.4 is 5.43 Å². The van der Waals surface area contributed by atoms with E-state index in [1.807, 2.05) is 27.1 Å². The van der Waals surface area contributed by atoms with E-state index in [4.69, 9.17) is 0 Å². The van der Waals surface area contributed by atoms with Crippen LogP contribution in [0.25, 0.3) is 10.8 Å². The van der Waals surface area contributed by atoms with Gasteiger partial charge < -0.3 is 0 Å². The van der Waals surface area contributed by atoms with E-state index in [2.05, 4.69) is 42.7 Å². The molecule has 0 aliphatic heterocycles. The van der Waals surface area contributed by atoms with Crippen LogP contribution >= 0.6 is 0 Å². The van der Waals surface area contributed by atoms with Crippen LogP contribution in [0.5, 0.6) is 0 Å². The van der Waals surface area contributed by atoms with Gasteiger partial charge in [-0.2, -0.15) is 0 Å². The van der Waals surface area contributed by atoms with Gasteiger partial charge in [0.2, 0.25) is 5.91 Å². The molecule has 3 nitrogen and oxygen atoms in total. The molecule has 0 spiro atoms. The number of nitrogens with one attached hydrogen (secondary N) is 1. The minimum atomic E-state index is -0.159. The van der Waals surface area contributed by atoms with Gasteiger partial charge in [0.1, 0.15) is 0 Å². The highest BCUT2D eigenvalue weighted by molar-refractivity contribution is 5.87. The number of aryl methyl sites for hydroxylation is 1. The Morgan fingerprint density at radius 3 is 2.42 bits per heavy atom. The van der Waals surface area contributed by atoms with E-state index in [-0.39, 0.29) is 11.8 Å². The van der Waals surface area contributed by atoms with Crippen molar-refractivity contribution >= 4 is 16.7 Å². The van der Waals surface area contributed by atoms with Crippen molar-refractivity contribution in [2.24, 2.45) is 0 Å². The third kappa shape index (κ3) is 3.12. The van der Waals surface area contributed by atoms with Gasteiger partial charge in [-0.1, -0.05) is 42.0 Å². The van der Waals surface area contributed by atoms with Gasteiger partial charge in [0.15, 0.2) is 0 Å². The van der Waals surface area contributed by atoms with Gasteiger partial charge in [0, 0.05) is 14.1 Å². The number of amides is 1. The smallest absolute Gasteiger partial charge is 0.241 e. The first-order valence-corrected chi connectivity index (χ1v) is 6.45. The monoisotopic (exact) mass is 256 g/mol. The minimum absolute atomic E-state index is 0.0106. The molecule has 0 aliphatic rings. The SMILES string of the molecule is Cc1ccc2cc(C(C)C(=O)NN(C)C)ccc2c1. The summed E-state index contributed by atoms with van der Waals surface area (Å²) in [4.78, 5) is 12.0. The molecule has 2 rings (SSSR count). The van der Waals surface area contributed by atoms with Crippen LogP contribution in [0.4, 0.5) is 0 Å². The summed E-state index contributed by atoms with van der Waals surface area (Å²) in [5.74, 6) is -0.149. The first kappa shape index (κ1) is 13.6. The molecule has 0 saturated heterocycles. The summed E-state index contributed by atoms with van der Waals surface area (Å²) in [7, 11) is 3.63. The van der Waals surface area contributed by atoms with Gasteiger partial charge in [-0.25, -0.2) is 5.01 Å². The fraction of sp³-hybridized carbons (Fsp3) is 0.312. The van der Waals surface area contributed by atoms with Crippen LogP contribution in [0, 0.1) is 6.92 Å². The zero-order valence-corrected chi connectivity index (χ0v) is 11.9. The molecule has 2 aromatic carbocycles. The third-order valence-corrected chi connectivity index (χ3v) is 3.25. The normalized spacial score (nSPS) is 12.7. The van der Waals surface area contributed by atoms with E-state index in [0.717, 1.165) is 5.56 Å². The van der Waals surface area contributed by atoms with E-state index in [0.29, 0.717) is 0 Å². The lowest BCUT2D eigenvalue weighted by Gasteiger charge is -2.17. The van der Waals surface area contributed by atoms with Crippen molar-refractivity contribution < 1.29 is 4.79 Å². The van der Waals surface area contributed by atoms with E-state index in [9.17, 15) is 4.79 Å². The number of carbonyl (C=O) groups excluding carboxylic acids is 1. The Bertz CT molecular complexity index is 605. The zero-order chi connectivity index (χ0) is 14.0. The van der Waals surface area contributed by atoms with Gasteiger partial charge in [-0.15, -0.1) is 0 Å². The van der Waals surface area contributed by atoms with Crippen molar-refractivity contribution in [1.82, 2.24) is 10.4 Å². The van der Waals surface area contributed by atoms with Crippen LogP contribution in [-0.2, 0) is 4.79 Å². The van der Waals surface area contributed by atoms with E-state index in [1.54, 1.807) is 5.01 Å². The lowest BCUT2D eigenvalue weighted by molar-refractivity contribution is -0.125. The van der Waals surface area contributed by atoms with Crippen molar-refractivity contribution in [3.8, 4) is 0 Å². The Labute approximate surface area is 114 Å². The number of rotatable bonds is 3. The lowest BCUT2D eigenvalue weighted by atomic mass is 9.96. The topological polar surface area (TPSA) is 32.3 Å². The molecule has 0 heterocycles. The number of hydrogen-bond acceptors (Lipinski definition) is 2. The lowest BCUT2D eigenvalue weighted by Crippen LogP contribution is -2.38. The second kappa shape index (κ2) is 5.41. The Kier molecular flexibility index (Phi) is 3.86. The Morgan fingerprint density at radius 1 is 1.11 bits per heavy atom. The fourth-order valence-electron chi connectivity index (χ4n) is 2.12. The molecule has 2 aromatic rings. The molecule has 0 aromatic heterocycles. The van der Waals surface area contributed by atoms with Crippen LogP contribution in [0.2, 0.25) is 0 Å². The third-order valence-electron chi connectivity index (χ3n) is 3.25. The molecule has 0 bridgehead atoms.